The van der Waals surface area contributed by atoms with Crippen molar-refractivity contribution in [3.05, 3.63) is 53.3 Å². The SMILES string of the molecule is Cc1ccc(-c2cccnc2CN)cc1C. The molecule has 0 saturated heterocycles. The lowest BCUT2D eigenvalue weighted by Crippen LogP contribution is -2.01. The van der Waals surface area contributed by atoms with E-state index >= 15 is 0 Å². The van der Waals surface area contributed by atoms with Gasteiger partial charge in [-0.05, 0) is 36.6 Å². The summed E-state index contributed by atoms with van der Waals surface area (Å²) in [4.78, 5) is 4.30. The van der Waals surface area contributed by atoms with Crippen molar-refractivity contribution in [2.45, 2.75) is 20.4 Å². The molecule has 16 heavy (non-hydrogen) atoms. The van der Waals surface area contributed by atoms with Crippen LogP contribution in [0.5, 0.6) is 0 Å². The molecule has 2 rings (SSSR count). The smallest absolute Gasteiger partial charge is 0.0617 e. The average Bonchev–Trinajstić information content (AvgIpc) is 2.32. The van der Waals surface area contributed by atoms with Gasteiger partial charge in [0.2, 0.25) is 0 Å². The number of rotatable bonds is 2. The molecule has 0 aliphatic carbocycles. The zero-order valence-corrected chi connectivity index (χ0v) is 9.70. The molecule has 1 aromatic carbocycles. The van der Waals surface area contributed by atoms with Crippen LogP contribution in [0.1, 0.15) is 16.8 Å². The van der Waals surface area contributed by atoms with E-state index in [0.29, 0.717) is 6.54 Å². The molecule has 0 radical (unpaired) electrons. The molecule has 0 spiro atoms. The van der Waals surface area contributed by atoms with Gasteiger partial charge in [-0.1, -0.05) is 24.3 Å². The standard InChI is InChI=1S/C14H16N2/c1-10-5-6-12(8-11(10)2)13-4-3-7-16-14(13)9-15/h3-8H,9,15H2,1-2H3. The van der Waals surface area contributed by atoms with E-state index in [9.17, 15) is 0 Å². The fourth-order valence-corrected chi connectivity index (χ4v) is 1.77. The molecule has 2 nitrogen and oxygen atoms in total. The summed E-state index contributed by atoms with van der Waals surface area (Å²) in [6.45, 7) is 4.71. The van der Waals surface area contributed by atoms with Crippen molar-refractivity contribution in [1.29, 1.82) is 0 Å². The lowest BCUT2D eigenvalue weighted by Gasteiger charge is -2.08. The second kappa shape index (κ2) is 4.45. The van der Waals surface area contributed by atoms with E-state index < -0.39 is 0 Å². The Balaban J connectivity index is 2.54. The third-order valence-corrected chi connectivity index (χ3v) is 2.90. The van der Waals surface area contributed by atoms with Gasteiger partial charge in [0.1, 0.15) is 0 Å². The first-order valence-corrected chi connectivity index (χ1v) is 5.44. The fraction of sp³-hybridized carbons (Fsp3) is 0.214. The average molecular weight is 212 g/mol. The molecule has 0 amide bonds. The molecule has 1 heterocycles. The van der Waals surface area contributed by atoms with Crippen molar-refractivity contribution >= 4 is 0 Å². The molecule has 0 bridgehead atoms. The van der Waals surface area contributed by atoms with Crippen LogP contribution in [0.2, 0.25) is 0 Å². The Hall–Kier alpha value is -1.67. The first-order chi connectivity index (χ1) is 7.72. The summed E-state index contributed by atoms with van der Waals surface area (Å²) in [5.74, 6) is 0. The van der Waals surface area contributed by atoms with Gasteiger partial charge in [-0.25, -0.2) is 0 Å². The van der Waals surface area contributed by atoms with E-state index in [4.69, 9.17) is 5.73 Å². The predicted molar refractivity (Wildman–Crippen MR) is 67.0 cm³/mol. The van der Waals surface area contributed by atoms with Crippen molar-refractivity contribution in [2.24, 2.45) is 5.73 Å². The molecular weight excluding hydrogens is 196 g/mol. The van der Waals surface area contributed by atoms with Crippen molar-refractivity contribution in [2.75, 3.05) is 0 Å². The van der Waals surface area contributed by atoms with Gasteiger partial charge in [0, 0.05) is 18.3 Å². The topological polar surface area (TPSA) is 38.9 Å². The Kier molecular flexibility index (Phi) is 3.02. The molecule has 0 fully saturated rings. The first kappa shape index (κ1) is 10.8. The van der Waals surface area contributed by atoms with Crippen LogP contribution in [0.15, 0.2) is 36.5 Å². The largest absolute Gasteiger partial charge is 0.325 e. The lowest BCUT2D eigenvalue weighted by molar-refractivity contribution is 0.994. The molecular formula is C14H16N2. The number of benzene rings is 1. The molecule has 1 aromatic heterocycles. The molecule has 82 valence electrons. The van der Waals surface area contributed by atoms with E-state index in [1.807, 2.05) is 6.07 Å². The number of aromatic nitrogens is 1. The van der Waals surface area contributed by atoms with Gasteiger partial charge in [-0.2, -0.15) is 0 Å². The van der Waals surface area contributed by atoms with Crippen molar-refractivity contribution in [3.63, 3.8) is 0 Å². The van der Waals surface area contributed by atoms with Crippen LogP contribution in [0.25, 0.3) is 11.1 Å². The second-order valence-electron chi connectivity index (χ2n) is 4.00. The van der Waals surface area contributed by atoms with Gasteiger partial charge in [-0.3, -0.25) is 4.98 Å². The third-order valence-electron chi connectivity index (χ3n) is 2.90. The van der Waals surface area contributed by atoms with E-state index in [-0.39, 0.29) is 0 Å². The normalized spacial score (nSPS) is 10.4. The first-order valence-electron chi connectivity index (χ1n) is 5.44. The van der Waals surface area contributed by atoms with Crippen LogP contribution in [0.4, 0.5) is 0 Å². The molecule has 0 atom stereocenters. The Morgan fingerprint density at radius 3 is 2.62 bits per heavy atom. The highest BCUT2D eigenvalue weighted by atomic mass is 14.7. The Morgan fingerprint density at radius 2 is 1.94 bits per heavy atom. The zero-order chi connectivity index (χ0) is 11.5. The highest BCUT2D eigenvalue weighted by Gasteiger charge is 2.05. The van der Waals surface area contributed by atoms with Crippen molar-refractivity contribution < 1.29 is 0 Å². The van der Waals surface area contributed by atoms with E-state index in [0.717, 1.165) is 11.3 Å². The van der Waals surface area contributed by atoms with Crippen LogP contribution < -0.4 is 5.73 Å². The van der Waals surface area contributed by atoms with E-state index in [1.54, 1.807) is 6.20 Å². The van der Waals surface area contributed by atoms with Crippen LogP contribution in [0.3, 0.4) is 0 Å². The molecule has 0 saturated carbocycles. The van der Waals surface area contributed by atoms with Crippen LogP contribution in [-0.4, -0.2) is 4.98 Å². The predicted octanol–water partition coefficient (Wildman–Crippen LogP) is 2.82. The number of hydrogen-bond acceptors (Lipinski definition) is 2. The third kappa shape index (κ3) is 1.97. The van der Waals surface area contributed by atoms with Gasteiger partial charge in [0.25, 0.3) is 0 Å². The Labute approximate surface area is 96.1 Å². The summed E-state index contributed by atoms with van der Waals surface area (Å²) in [6, 6.07) is 10.5. The Bertz CT molecular complexity index is 504. The molecule has 0 unspecified atom stereocenters. The van der Waals surface area contributed by atoms with Gasteiger partial charge in [0.05, 0.1) is 5.69 Å². The maximum atomic E-state index is 5.69. The summed E-state index contributed by atoms with van der Waals surface area (Å²) in [5, 5.41) is 0. The number of nitrogens with zero attached hydrogens (tertiary/aromatic N) is 1. The minimum atomic E-state index is 0.475. The molecule has 2 heteroatoms. The summed E-state index contributed by atoms with van der Waals surface area (Å²) in [5.41, 5.74) is 11.6. The number of aryl methyl sites for hydroxylation is 2. The number of pyridine rings is 1. The summed E-state index contributed by atoms with van der Waals surface area (Å²) >= 11 is 0. The fourth-order valence-electron chi connectivity index (χ4n) is 1.77. The summed E-state index contributed by atoms with van der Waals surface area (Å²) in [6.07, 6.45) is 1.78. The van der Waals surface area contributed by atoms with Gasteiger partial charge < -0.3 is 5.73 Å². The van der Waals surface area contributed by atoms with E-state index in [2.05, 4.69) is 43.1 Å². The maximum Gasteiger partial charge on any atom is 0.0617 e. The zero-order valence-electron chi connectivity index (χ0n) is 9.70. The van der Waals surface area contributed by atoms with Gasteiger partial charge in [-0.15, -0.1) is 0 Å². The summed E-state index contributed by atoms with van der Waals surface area (Å²) < 4.78 is 0. The van der Waals surface area contributed by atoms with Crippen LogP contribution in [-0.2, 0) is 6.54 Å². The Morgan fingerprint density at radius 1 is 1.12 bits per heavy atom. The monoisotopic (exact) mass is 212 g/mol. The van der Waals surface area contributed by atoms with Crippen LogP contribution >= 0.6 is 0 Å². The van der Waals surface area contributed by atoms with Gasteiger partial charge in [0.15, 0.2) is 0 Å². The number of nitrogens with two attached hydrogens (primary N) is 1. The minimum Gasteiger partial charge on any atom is -0.325 e. The maximum absolute atomic E-state index is 5.69. The molecule has 2 aromatic rings. The van der Waals surface area contributed by atoms with Gasteiger partial charge >= 0.3 is 0 Å². The molecule has 0 aliphatic heterocycles. The molecule has 0 aliphatic rings. The highest BCUT2D eigenvalue weighted by molar-refractivity contribution is 5.67. The minimum absolute atomic E-state index is 0.475. The summed E-state index contributed by atoms with van der Waals surface area (Å²) in [7, 11) is 0. The van der Waals surface area contributed by atoms with Crippen LogP contribution in [0, 0.1) is 13.8 Å². The quantitative estimate of drug-likeness (QED) is 0.831. The second-order valence-corrected chi connectivity index (χ2v) is 4.00. The van der Waals surface area contributed by atoms with Crippen molar-refractivity contribution in [3.8, 4) is 11.1 Å². The number of hydrogen-bond donors (Lipinski definition) is 1. The highest BCUT2D eigenvalue weighted by Crippen LogP contribution is 2.24. The van der Waals surface area contributed by atoms with E-state index in [1.165, 1.54) is 16.7 Å². The molecule has 2 N–H and O–H groups in total. The lowest BCUT2D eigenvalue weighted by atomic mass is 9.99. The van der Waals surface area contributed by atoms with Crippen molar-refractivity contribution in [1.82, 2.24) is 4.98 Å².